The summed E-state index contributed by atoms with van der Waals surface area (Å²) in [5.41, 5.74) is 1.07. The third-order valence-electron chi connectivity index (χ3n) is 4.66. The van der Waals surface area contributed by atoms with Crippen LogP contribution < -0.4 is 10.6 Å². The van der Waals surface area contributed by atoms with Crippen LogP contribution in [0.1, 0.15) is 39.3 Å². The van der Waals surface area contributed by atoms with Gasteiger partial charge in [-0.25, -0.2) is 9.97 Å². The first-order chi connectivity index (χ1) is 12.6. The summed E-state index contributed by atoms with van der Waals surface area (Å²) < 4.78 is 5.96. The van der Waals surface area contributed by atoms with Gasteiger partial charge in [0.15, 0.2) is 0 Å². The molecule has 3 rings (SSSR count). The number of hydrogen-bond donors (Lipinski definition) is 2. The second-order valence-electron chi connectivity index (χ2n) is 7.33. The molecule has 3 heterocycles. The number of nitrogens with zero attached hydrogens (tertiary/aromatic N) is 3. The molecule has 26 heavy (non-hydrogen) atoms. The third kappa shape index (κ3) is 5.14. The SMILES string of the molecule is CC(Cc1ccccn1)Nc1cc(NC2CCCOC2C(C)C)ncn1. The van der Waals surface area contributed by atoms with Crippen LogP contribution in [0.2, 0.25) is 0 Å². The van der Waals surface area contributed by atoms with Crippen LogP contribution >= 0.6 is 0 Å². The molecule has 0 aliphatic carbocycles. The first-order valence-corrected chi connectivity index (χ1v) is 9.48. The number of rotatable bonds is 7. The summed E-state index contributed by atoms with van der Waals surface area (Å²) in [7, 11) is 0. The van der Waals surface area contributed by atoms with Crippen molar-refractivity contribution in [1.29, 1.82) is 0 Å². The van der Waals surface area contributed by atoms with Gasteiger partial charge in [-0.2, -0.15) is 0 Å². The number of aromatic nitrogens is 3. The highest BCUT2D eigenvalue weighted by Crippen LogP contribution is 2.24. The summed E-state index contributed by atoms with van der Waals surface area (Å²) in [6.07, 6.45) is 6.68. The molecule has 1 aliphatic heterocycles. The molecule has 0 spiro atoms. The summed E-state index contributed by atoms with van der Waals surface area (Å²) in [4.78, 5) is 13.1. The Hall–Kier alpha value is -2.21. The molecular formula is C20H29N5O. The van der Waals surface area contributed by atoms with Crippen LogP contribution in [-0.2, 0) is 11.2 Å². The van der Waals surface area contributed by atoms with Crippen molar-refractivity contribution < 1.29 is 4.74 Å². The molecule has 3 unspecified atom stereocenters. The van der Waals surface area contributed by atoms with Gasteiger partial charge in [-0.15, -0.1) is 0 Å². The van der Waals surface area contributed by atoms with Gasteiger partial charge in [0.05, 0.1) is 12.1 Å². The van der Waals surface area contributed by atoms with E-state index < -0.39 is 0 Å². The molecule has 2 aromatic rings. The Morgan fingerprint density at radius 2 is 2.00 bits per heavy atom. The lowest BCUT2D eigenvalue weighted by Gasteiger charge is -2.35. The van der Waals surface area contributed by atoms with Crippen LogP contribution in [-0.4, -0.2) is 39.7 Å². The normalized spacial score (nSPS) is 21.4. The average molecular weight is 355 g/mol. The van der Waals surface area contributed by atoms with E-state index in [1.807, 2.05) is 30.5 Å². The smallest absolute Gasteiger partial charge is 0.131 e. The lowest BCUT2D eigenvalue weighted by molar-refractivity contribution is -0.0203. The second kappa shape index (κ2) is 8.94. The minimum Gasteiger partial charge on any atom is -0.376 e. The van der Waals surface area contributed by atoms with Crippen LogP contribution in [0.3, 0.4) is 0 Å². The molecule has 0 saturated carbocycles. The predicted octanol–water partition coefficient (Wildman–Crippen LogP) is 3.53. The van der Waals surface area contributed by atoms with E-state index in [0.29, 0.717) is 5.92 Å². The fourth-order valence-electron chi connectivity index (χ4n) is 3.46. The number of hydrogen-bond acceptors (Lipinski definition) is 6. The quantitative estimate of drug-likeness (QED) is 0.792. The van der Waals surface area contributed by atoms with Crippen molar-refractivity contribution in [1.82, 2.24) is 15.0 Å². The highest BCUT2D eigenvalue weighted by atomic mass is 16.5. The van der Waals surface area contributed by atoms with Gasteiger partial charge in [-0.3, -0.25) is 4.98 Å². The van der Waals surface area contributed by atoms with Gasteiger partial charge in [0.2, 0.25) is 0 Å². The Kier molecular flexibility index (Phi) is 6.39. The number of pyridine rings is 1. The highest BCUT2D eigenvalue weighted by molar-refractivity contribution is 5.47. The molecule has 0 radical (unpaired) electrons. The second-order valence-corrected chi connectivity index (χ2v) is 7.33. The molecule has 0 aromatic carbocycles. The Morgan fingerprint density at radius 1 is 1.15 bits per heavy atom. The standard InChI is InChI=1S/C20H29N5O/c1-14(2)20-17(8-6-10-26-20)25-19-12-18(22-13-23-19)24-15(3)11-16-7-4-5-9-21-16/h4-5,7,9,12-15,17,20H,6,8,10-11H2,1-3H3,(H2,22,23,24,25). The number of anilines is 2. The van der Waals surface area contributed by atoms with Crippen molar-refractivity contribution in [3.05, 3.63) is 42.5 Å². The maximum absolute atomic E-state index is 5.96. The largest absolute Gasteiger partial charge is 0.376 e. The molecule has 2 N–H and O–H groups in total. The molecule has 0 bridgehead atoms. The van der Waals surface area contributed by atoms with E-state index in [0.717, 1.165) is 43.2 Å². The topological polar surface area (TPSA) is 72.0 Å². The Morgan fingerprint density at radius 3 is 2.77 bits per heavy atom. The Labute approximate surface area is 155 Å². The first kappa shape index (κ1) is 18.6. The summed E-state index contributed by atoms with van der Waals surface area (Å²) in [5, 5.41) is 6.99. The lowest BCUT2D eigenvalue weighted by atomic mass is 9.94. The van der Waals surface area contributed by atoms with Gasteiger partial charge in [-0.05, 0) is 37.8 Å². The third-order valence-corrected chi connectivity index (χ3v) is 4.66. The average Bonchev–Trinajstić information content (AvgIpc) is 2.63. The lowest BCUT2D eigenvalue weighted by Crippen LogP contribution is -2.43. The van der Waals surface area contributed by atoms with E-state index in [-0.39, 0.29) is 18.2 Å². The van der Waals surface area contributed by atoms with Crippen LogP contribution in [0.25, 0.3) is 0 Å². The van der Waals surface area contributed by atoms with Crippen molar-refractivity contribution in [3.8, 4) is 0 Å². The summed E-state index contributed by atoms with van der Waals surface area (Å²) in [6.45, 7) is 7.39. The van der Waals surface area contributed by atoms with Gasteiger partial charge in [0.1, 0.15) is 18.0 Å². The Bertz CT molecular complexity index is 679. The monoisotopic (exact) mass is 355 g/mol. The molecule has 1 aliphatic rings. The molecule has 2 aromatic heterocycles. The molecular weight excluding hydrogens is 326 g/mol. The minimum atomic E-state index is 0.221. The van der Waals surface area contributed by atoms with Crippen molar-refractivity contribution in [3.63, 3.8) is 0 Å². The number of ether oxygens (including phenoxy) is 1. The summed E-state index contributed by atoms with van der Waals surface area (Å²) >= 11 is 0. The molecule has 1 saturated heterocycles. The van der Waals surface area contributed by atoms with Crippen LogP contribution in [0.15, 0.2) is 36.8 Å². The van der Waals surface area contributed by atoms with Gasteiger partial charge in [-0.1, -0.05) is 19.9 Å². The van der Waals surface area contributed by atoms with Gasteiger partial charge < -0.3 is 15.4 Å². The minimum absolute atomic E-state index is 0.221. The zero-order valence-electron chi connectivity index (χ0n) is 15.9. The molecule has 0 amide bonds. The number of nitrogens with one attached hydrogen (secondary N) is 2. The zero-order chi connectivity index (χ0) is 18.4. The maximum Gasteiger partial charge on any atom is 0.131 e. The van der Waals surface area contributed by atoms with Gasteiger partial charge in [0.25, 0.3) is 0 Å². The van der Waals surface area contributed by atoms with E-state index in [4.69, 9.17) is 4.74 Å². The first-order valence-electron chi connectivity index (χ1n) is 9.48. The van der Waals surface area contributed by atoms with E-state index in [2.05, 4.69) is 46.4 Å². The molecule has 140 valence electrons. The van der Waals surface area contributed by atoms with Gasteiger partial charge in [0, 0.05) is 37.0 Å². The molecule has 3 atom stereocenters. The van der Waals surface area contributed by atoms with Crippen LogP contribution in [0, 0.1) is 5.92 Å². The van der Waals surface area contributed by atoms with E-state index >= 15 is 0 Å². The maximum atomic E-state index is 5.96. The van der Waals surface area contributed by atoms with Crippen molar-refractivity contribution in [2.75, 3.05) is 17.2 Å². The fraction of sp³-hybridized carbons (Fsp3) is 0.550. The van der Waals surface area contributed by atoms with E-state index in [1.165, 1.54) is 0 Å². The highest BCUT2D eigenvalue weighted by Gasteiger charge is 2.28. The fourth-order valence-corrected chi connectivity index (χ4v) is 3.46. The zero-order valence-corrected chi connectivity index (χ0v) is 15.9. The molecule has 1 fully saturated rings. The molecule has 6 nitrogen and oxygen atoms in total. The van der Waals surface area contributed by atoms with Crippen molar-refractivity contribution in [2.24, 2.45) is 5.92 Å². The van der Waals surface area contributed by atoms with Crippen molar-refractivity contribution >= 4 is 11.6 Å². The molecule has 6 heteroatoms. The van der Waals surface area contributed by atoms with E-state index in [9.17, 15) is 0 Å². The van der Waals surface area contributed by atoms with Gasteiger partial charge >= 0.3 is 0 Å². The summed E-state index contributed by atoms with van der Waals surface area (Å²) in [5.74, 6) is 2.14. The predicted molar refractivity (Wildman–Crippen MR) is 104 cm³/mol. The Balaban J connectivity index is 1.60. The summed E-state index contributed by atoms with van der Waals surface area (Å²) in [6, 6.07) is 8.48. The van der Waals surface area contributed by atoms with Crippen LogP contribution in [0.4, 0.5) is 11.6 Å². The van der Waals surface area contributed by atoms with E-state index in [1.54, 1.807) is 6.33 Å². The van der Waals surface area contributed by atoms with Crippen LogP contribution in [0.5, 0.6) is 0 Å². The van der Waals surface area contributed by atoms with Crippen molar-refractivity contribution in [2.45, 2.75) is 58.2 Å².